The number of nitrogens with zero attached hydrogens (tertiary/aromatic N) is 4. The van der Waals surface area contributed by atoms with E-state index in [4.69, 9.17) is 0 Å². The Kier molecular flexibility index (Phi) is 5.52. The first-order valence-corrected chi connectivity index (χ1v) is 8.63. The number of phenolic OH excluding ortho intramolecular Hbond substituents is 1. The highest BCUT2D eigenvalue weighted by Gasteiger charge is 2.20. The van der Waals surface area contributed by atoms with E-state index in [0.29, 0.717) is 11.3 Å². The summed E-state index contributed by atoms with van der Waals surface area (Å²) in [5.41, 5.74) is 1.94. The molecule has 140 valence electrons. The fourth-order valence-electron chi connectivity index (χ4n) is 2.80. The molecule has 0 radical (unpaired) electrons. The zero-order valence-electron chi connectivity index (χ0n) is 15.2. The molecule has 0 aliphatic carbocycles. The second-order valence-electron chi connectivity index (χ2n) is 6.43. The molecule has 27 heavy (non-hydrogen) atoms. The Balaban J connectivity index is 1.67. The predicted octanol–water partition coefficient (Wildman–Crippen LogP) is 2.29. The van der Waals surface area contributed by atoms with Crippen LogP contribution in [0, 0.1) is 0 Å². The van der Waals surface area contributed by atoms with Crippen molar-refractivity contribution >= 4 is 5.91 Å². The number of hydrogen-bond acceptors (Lipinski definition) is 5. The Morgan fingerprint density at radius 3 is 2.56 bits per heavy atom. The van der Waals surface area contributed by atoms with Crippen molar-refractivity contribution in [3.63, 3.8) is 0 Å². The van der Waals surface area contributed by atoms with Gasteiger partial charge in [-0.2, -0.15) is 0 Å². The van der Waals surface area contributed by atoms with E-state index in [1.807, 2.05) is 31.2 Å². The van der Waals surface area contributed by atoms with Crippen LogP contribution in [0.15, 0.2) is 60.8 Å². The molecule has 0 saturated carbocycles. The zero-order chi connectivity index (χ0) is 19.4. The Labute approximate surface area is 157 Å². The Morgan fingerprint density at radius 2 is 1.85 bits per heavy atom. The van der Waals surface area contributed by atoms with Crippen molar-refractivity contribution in [1.82, 2.24) is 19.9 Å². The second-order valence-corrected chi connectivity index (χ2v) is 6.43. The van der Waals surface area contributed by atoms with Crippen molar-refractivity contribution in [3.8, 4) is 5.75 Å². The van der Waals surface area contributed by atoms with Crippen LogP contribution in [0.5, 0.6) is 5.75 Å². The van der Waals surface area contributed by atoms with Crippen molar-refractivity contribution in [2.75, 3.05) is 7.05 Å². The molecule has 0 aliphatic heterocycles. The predicted molar refractivity (Wildman–Crippen MR) is 99.8 cm³/mol. The number of likely N-dealkylation sites (N-methyl/N-ethyl adjacent to an activating group) is 1. The van der Waals surface area contributed by atoms with Gasteiger partial charge < -0.3 is 15.1 Å². The molecule has 0 aliphatic rings. The van der Waals surface area contributed by atoms with Gasteiger partial charge in [-0.3, -0.25) is 4.79 Å². The van der Waals surface area contributed by atoms with Crippen LogP contribution in [0.1, 0.15) is 35.9 Å². The smallest absolute Gasteiger partial charge is 0.244 e. The van der Waals surface area contributed by atoms with Gasteiger partial charge in [0.15, 0.2) is 0 Å². The van der Waals surface area contributed by atoms with Gasteiger partial charge in [0.05, 0.1) is 12.2 Å². The normalized spacial score (nSPS) is 13.1. The molecule has 1 amide bonds. The van der Waals surface area contributed by atoms with E-state index in [1.165, 1.54) is 4.68 Å². The topological polar surface area (TPSA) is 91.5 Å². The number of benzene rings is 2. The first kappa shape index (κ1) is 18.6. The van der Waals surface area contributed by atoms with E-state index >= 15 is 0 Å². The number of carbonyl (C=O) groups is 1. The number of amides is 1. The van der Waals surface area contributed by atoms with Crippen LogP contribution in [-0.2, 0) is 11.3 Å². The lowest BCUT2D eigenvalue weighted by molar-refractivity contribution is -0.132. The molecule has 2 atom stereocenters. The summed E-state index contributed by atoms with van der Waals surface area (Å²) in [6.07, 6.45) is 0.682. The third kappa shape index (κ3) is 4.32. The quantitative estimate of drug-likeness (QED) is 0.698. The lowest BCUT2D eigenvalue weighted by Gasteiger charge is -2.25. The minimum atomic E-state index is -0.890. The fourth-order valence-corrected chi connectivity index (χ4v) is 2.80. The van der Waals surface area contributed by atoms with Crippen molar-refractivity contribution < 1.29 is 15.0 Å². The summed E-state index contributed by atoms with van der Waals surface area (Å²) in [5, 5.41) is 27.9. The molecule has 7 nitrogen and oxygen atoms in total. The van der Waals surface area contributed by atoms with Gasteiger partial charge in [0, 0.05) is 7.05 Å². The van der Waals surface area contributed by atoms with Crippen LogP contribution in [-0.4, -0.2) is 43.1 Å². The van der Waals surface area contributed by atoms with Crippen LogP contribution < -0.4 is 0 Å². The largest absolute Gasteiger partial charge is 0.508 e. The number of phenols is 1. The minimum absolute atomic E-state index is 0.00810. The van der Waals surface area contributed by atoms with Crippen molar-refractivity contribution in [1.29, 1.82) is 0 Å². The standard InChI is InChI=1S/C20H22N4O3/c1-14(16-9-6-10-17(25)11-16)23(2)19(26)13-24-12-18(21-22-24)20(27)15-7-4-3-5-8-15/h3-12,14,20,25,27H,13H2,1-2H3/t14?,20-/m1/s1. The number of aliphatic hydroxyl groups excluding tert-OH is 1. The molecule has 0 fully saturated rings. The van der Waals surface area contributed by atoms with Gasteiger partial charge in [-0.1, -0.05) is 47.7 Å². The number of carbonyl (C=O) groups excluding carboxylic acids is 1. The van der Waals surface area contributed by atoms with E-state index < -0.39 is 6.10 Å². The maximum atomic E-state index is 12.6. The third-order valence-electron chi connectivity index (χ3n) is 4.58. The maximum absolute atomic E-state index is 12.6. The lowest BCUT2D eigenvalue weighted by Crippen LogP contribution is -2.32. The van der Waals surface area contributed by atoms with Gasteiger partial charge in [0.1, 0.15) is 24.1 Å². The van der Waals surface area contributed by atoms with Gasteiger partial charge in [0.25, 0.3) is 0 Å². The maximum Gasteiger partial charge on any atom is 0.244 e. The zero-order valence-corrected chi connectivity index (χ0v) is 15.2. The van der Waals surface area contributed by atoms with Gasteiger partial charge in [-0.15, -0.1) is 5.10 Å². The van der Waals surface area contributed by atoms with Crippen molar-refractivity contribution in [2.24, 2.45) is 0 Å². The average Bonchev–Trinajstić information content (AvgIpc) is 3.15. The molecule has 0 saturated heterocycles. The molecular weight excluding hydrogens is 344 g/mol. The van der Waals surface area contributed by atoms with Gasteiger partial charge >= 0.3 is 0 Å². The van der Waals surface area contributed by atoms with Gasteiger partial charge in [-0.25, -0.2) is 4.68 Å². The van der Waals surface area contributed by atoms with E-state index in [9.17, 15) is 15.0 Å². The van der Waals surface area contributed by atoms with Crippen LogP contribution in [0.2, 0.25) is 0 Å². The van der Waals surface area contributed by atoms with Crippen LogP contribution >= 0.6 is 0 Å². The molecule has 3 aromatic rings. The van der Waals surface area contributed by atoms with Gasteiger partial charge in [0.2, 0.25) is 5.91 Å². The summed E-state index contributed by atoms with van der Waals surface area (Å²) in [6, 6.07) is 15.8. The first-order chi connectivity index (χ1) is 13.0. The van der Waals surface area contributed by atoms with E-state index in [-0.39, 0.29) is 24.2 Å². The summed E-state index contributed by atoms with van der Waals surface area (Å²) < 4.78 is 1.41. The minimum Gasteiger partial charge on any atom is -0.508 e. The van der Waals surface area contributed by atoms with Crippen molar-refractivity contribution in [3.05, 3.63) is 77.6 Å². The third-order valence-corrected chi connectivity index (χ3v) is 4.58. The highest BCUT2D eigenvalue weighted by Crippen LogP contribution is 2.23. The molecule has 1 aromatic heterocycles. The van der Waals surface area contributed by atoms with Crippen LogP contribution in [0.4, 0.5) is 0 Å². The molecule has 7 heteroatoms. The summed E-state index contributed by atoms with van der Waals surface area (Å²) >= 11 is 0. The molecule has 2 N–H and O–H groups in total. The number of aliphatic hydroxyl groups is 1. The SMILES string of the molecule is CC(c1cccc(O)c1)N(C)C(=O)Cn1cc([C@H](O)c2ccccc2)nn1. The van der Waals surface area contributed by atoms with E-state index in [0.717, 1.165) is 5.56 Å². The Morgan fingerprint density at radius 1 is 1.15 bits per heavy atom. The molecule has 3 rings (SSSR count). The van der Waals surface area contributed by atoms with E-state index in [1.54, 1.807) is 48.5 Å². The second kappa shape index (κ2) is 8.01. The van der Waals surface area contributed by atoms with E-state index in [2.05, 4.69) is 10.3 Å². The average molecular weight is 366 g/mol. The van der Waals surface area contributed by atoms with Gasteiger partial charge in [-0.05, 0) is 30.2 Å². The monoisotopic (exact) mass is 366 g/mol. The molecule has 1 unspecified atom stereocenters. The van der Waals surface area contributed by atoms with Crippen molar-refractivity contribution in [2.45, 2.75) is 25.6 Å². The summed E-state index contributed by atoms with van der Waals surface area (Å²) in [5.74, 6) is 0.00695. The fraction of sp³-hybridized carbons (Fsp3) is 0.250. The molecule has 2 aromatic carbocycles. The molecule has 0 bridgehead atoms. The molecular formula is C20H22N4O3. The summed E-state index contributed by atoms with van der Waals surface area (Å²) in [4.78, 5) is 14.2. The number of aromatic nitrogens is 3. The Bertz CT molecular complexity index is 910. The summed E-state index contributed by atoms with van der Waals surface area (Å²) in [7, 11) is 1.70. The van der Waals surface area contributed by atoms with Crippen LogP contribution in [0.25, 0.3) is 0 Å². The summed E-state index contributed by atoms with van der Waals surface area (Å²) in [6.45, 7) is 1.90. The highest BCUT2D eigenvalue weighted by atomic mass is 16.3. The Hall–Kier alpha value is -3.19. The highest BCUT2D eigenvalue weighted by molar-refractivity contribution is 5.76. The van der Waals surface area contributed by atoms with Crippen LogP contribution in [0.3, 0.4) is 0 Å². The molecule has 0 spiro atoms. The first-order valence-electron chi connectivity index (χ1n) is 8.63. The number of rotatable bonds is 6. The number of hydrogen-bond donors (Lipinski definition) is 2. The number of aromatic hydroxyl groups is 1. The lowest BCUT2D eigenvalue weighted by atomic mass is 10.1. The molecule has 1 heterocycles.